The van der Waals surface area contributed by atoms with Crippen molar-refractivity contribution in [3.8, 4) is 11.1 Å². The van der Waals surface area contributed by atoms with Gasteiger partial charge in [-0.05, 0) is 29.7 Å². The lowest BCUT2D eigenvalue weighted by molar-refractivity contribution is 0.436. The summed E-state index contributed by atoms with van der Waals surface area (Å²) in [5.74, 6) is 0.542. The second kappa shape index (κ2) is 8.95. The molecule has 1 aliphatic rings. The van der Waals surface area contributed by atoms with Crippen LogP contribution in [0.4, 0.5) is 0 Å². The lowest BCUT2D eigenvalue weighted by Crippen LogP contribution is -2.29. The Balaban J connectivity index is 1.29. The molecule has 1 aliphatic heterocycles. The molecule has 1 fully saturated rings. The van der Waals surface area contributed by atoms with Gasteiger partial charge in [0.15, 0.2) is 0 Å². The fourth-order valence-electron chi connectivity index (χ4n) is 3.69. The monoisotopic (exact) mass is 361 g/mol. The Hall–Kier alpha value is -2.47. The van der Waals surface area contributed by atoms with Gasteiger partial charge in [-0.15, -0.1) is 0 Å². The third kappa shape index (κ3) is 4.63. The Bertz CT molecular complexity index is 798. The molecule has 4 rings (SSSR count). The van der Waals surface area contributed by atoms with Gasteiger partial charge < -0.3 is 9.88 Å². The van der Waals surface area contributed by atoms with E-state index in [1.807, 2.05) is 18.7 Å². The van der Waals surface area contributed by atoms with Crippen molar-refractivity contribution < 1.29 is 0 Å². The molecule has 2 unspecified atom stereocenters. The van der Waals surface area contributed by atoms with E-state index in [9.17, 15) is 0 Å². The van der Waals surface area contributed by atoms with Gasteiger partial charge in [0.25, 0.3) is 0 Å². The molecule has 5 heteroatoms. The first-order valence-corrected chi connectivity index (χ1v) is 9.70. The summed E-state index contributed by atoms with van der Waals surface area (Å²) in [5.41, 5.74) is 10.6. The van der Waals surface area contributed by atoms with Gasteiger partial charge in [-0.2, -0.15) is 0 Å². The molecule has 3 N–H and O–H groups in total. The van der Waals surface area contributed by atoms with Crippen LogP contribution in [0.5, 0.6) is 0 Å². The van der Waals surface area contributed by atoms with Crippen molar-refractivity contribution in [1.29, 1.82) is 0 Å². The van der Waals surface area contributed by atoms with Crippen LogP contribution in [0.2, 0.25) is 0 Å². The van der Waals surface area contributed by atoms with Crippen LogP contribution in [0.3, 0.4) is 0 Å². The number of aryl methyl sites for hydroxylation is 1. The van der Waals surface area contributed by atoms with Gasteiger partial charge in [0.1, 0.15) is 0 Å². The molecule has 0 amide bonds. The summed E-state index contributed by atoms with van der Waals surface area (Å²) in [6, 6.07) is 19.8. The van der Waals surface area contributed by atoms with Crippen LogP contribution in [0, 0.1) is 5.92 Å². The Kier molecular flexibility index (Phi) is 5.94. The molecule has 140 valence electrons. The minimum Gasteiger partial charge on any atom is -0.337 e. The molecule has 0 aliphatic carbocycles. The number of benzene rings is 2. The van der Waals surface area contributed by atoms with Crippen LogP contribution in [-0.2, 0) is 6.54 Å². The van der Waals surface area contributed by atoms with Crippen LogP contribution in [-0.4, -0.2) is 29.2 Å². The summed E-state index contributed by atoms with van der Waals surface area (Å²) in [6.07, 6.45) is 6.83. The standard InChI is InChI=1S/C22H27N5/c1-2-5-18(6-3-1)19-7-9-20(10-8-19)22-21(16-25-26-22)15-23-11-4-13-27-14-12-24-17-27/h1-3,5-10,12,14,17,21-23,25-26H,4,11,13,15-16H2. The van der Waals surface area contributed by atoms with Crippen molar-refractivity contribution in [2.75, 3.05) is 19.6 Å². The van der Waals surface area contributed by atoms with Gasteiger partial charge in [-0.1, -0.05) is 54.6 Å². The smallest absolute Gasteiger partial charge is 0.0945 e. The molecule has 2 heterocycles. The molecule has 0 saturated carbocycles. The molecule has 5 nitrogen and oxygen atoms in total. The van der Waals surface area contributed by atoms with Gasteiger partial charge in [0, 0.05) is 37.9 Å². The number of hydrazine groups is 1. The highest BCUT2D eigenvalue weighted by Gasteiger charge is 2.27. The number of aromatic nitrogens is 2. The second-order valence-electron chi connectivity index (χ2n) is 7.11. The number of rotatable bonds is 8. The van der Waals surface area contributed by atoms with Crippen molar-refractivity contribution in [2.45, 2.75) is 19.0 Å². The molecular weight excluding hydrogens is 334 g/mol. The quantitative estimate of drug-likeness (QED) is 0.540. The van der Waals surface area contributed by atoms with Crippen molar-refractivity contribution in [1.82, 2.24) is 25.7 Å². The minimum absolute atomic E-state index is 0.343. The predicted octanol–water partition coefficient (Wildman–Crippen LogP) is 3.00. The second-order valence-corrected chi connectivity index (χ2v) is 7.11. The zero-order valence-corrected chi connectivity index (χ0v) is 15.5. The molecule has 27 heavy (non-hydrogen) atoms. The molecular formula is C22H27N5. The summed E-state index contributed by atoms with van der Waals surface area (Å²) in [5, 5.41) is 3.61. The van der Waals surface area contributed by atoms with E-state index in [1.54, 1.807) is 0 Å². The first-order chi connectivity index (χ1) is 13.4. The fraction of sp³-hybridized carbons (Fsp3) is 0.318. The highest BCUT2D eigenvalue weighted by Crippen LogP contribution is 2.27. The van der Waals surface area contributed by atoms with Crippen LogP contribution < -0.4 is 16.2 Å². The van der Waals surface area contributed by atoms with E-state index in [4.69, 9.17) is 0 Å². The Morgan fingerprint density at radius 1 is 1.04 bits per heavy atom. The van der Waals surface area contributed by atoms with E-state index in [0.717, 1.165) is 32.6 Å². The maximum Gasteiger partial charge on any atom is 0.0945 e. The van der Waals surface area contributed by atoms with E-state index in [0.29, 0.717) is 12.0 Å². The van der Waals surface area contributed by atoms with Gasteiger partial charge in [-0.3, -0.25) is 5.43 Å². The zero-order valence-electron chi connectivity index (χ0n) is 15.5. The van der Waals surface area contributed by atoms with E-state index < -0.39 is 0 Å². The average molecular weight is 361 g/mol. The molecule has 0 spiro atoms. The van der Waals surface area contributed by atoms with Crippen LogP contribution in [0.1, 0.15) is 18.0 Å². The van der Waals surface area contributed by atoms with Gasteiger partial charge >= 0.3 is 0 Å². The third-order valence-electron chi connectivity index (χ3n) is 5.21. The highest BCUT2D eigenvalue weighted by molar-refractivity contribution is 5.63. The maximum absolute atomic E-state index is 4.08. The molecule has 1 aromatic heterocycles. The van der Waals surface area contributed by atoms with Crippen molar-refractivity contribution >= 4 is 0 Å². The molecule has 1 saturated heterocycles. The Labute approximate surface area is 160 Å². The normalized spacial score (nSPS) is 19.4. The summed E-state index contributed by atoms with van der Waals surface area (Å²) < 4.78 is 2.12. The SMILES string of the molecule is c1ccc(-c2ccc(C3NNCC3CNCCCn3ccnc3)cc2)cc1. The topological polar surface area (TPSA) is 53.9 Å². The minimum atomic E-state index is 0.343. The van der Waals surface area contributed by atoms with E-state index in [1.165, 1.54) is 16.7 Å². The number of hydrogen-bond acceptors (Lipinski definition) is 4. The first kappa shape index (κ1) is 17.9. The van der Waals surface area contributed by atoms with Crippen molar-refractivity contribution in [3.63, 3.8) is 0 Å². The summed E-state index contributed by atoms with van der Waals surface area (Å²) in [7, 11) is 0. The van der Waals surface area contributed by atoms with Gasteiger partial charge in [-0.25, -0.2) is 10.4 Å². The largest absolute Gasteiger partial charge is 0.337 e. The predicted molar refractivity (Wildman–Crippen MR) is 109 cm³/mol. The van der Waals surface area contributed by atoms with Gasteiger partial charge in [0.05, 0.1) is 12.4 Å². The molecule has 2 aromatic carbocycles. The van der Waals surface area contributed by atoms with Crippen LogP contribution in [0.25, 0.3) is 11.1 Å². The average Bonchev–Trinajstić information content (AvgIpc) is 3.41. The fourth-order valence-corrected chi connectivity index (χ4v) is 3.69. The Morgan fingerprint density at radius 2 is 1.85 bits per heavy atom. The number of nitrogens with zero attached hydrogens (tertiary/aromatic N) is 2. The van der Waals surface area contributed by atoms with Crippen LogP contribution >= 0.6 is 0 Å². The highest BCUT2D eigenvalue weighted by atomic mass is 15.4. The lowest BCUT2D eigenvalue weighted by Gasteiger charge is -2.20. The van der Waals surface area contributed by atoms with E-state index in [2.05, 4.69) is 80.3 Å². The third-order valence-corrected chi connectivity index (χ3v) is 5.21. The Morgan fingerprint density at radius 3 is 2.63 bits per heavy atom. The number of imidazole rings is 1. The van der Waals surface area contributed by atoms with E-state index in [-0.39, 0.29) is 0 Å². The summed E-state index contributed by atoms with van der Waals surface area (Å²) >= 11 is 0. The van der Waals surface area contributed by atoms with Crippen LogP contribution in [0.15, 0.2) is 73.3 Å². The molecule has 3 aromatic rings. The van der Waals surface area contributed by atoms with E-state index >= 15 is 0 Å². The number of nitrogens with one attached hydrogen (secondary N) is 3. The summed E-state index contributed by atoms with van der Waals surface area (Å²) in [6.45, 7) is 4.03. The van der Waals surface area contributed by atoms with Crippen molar-refractivity contribution in [2.24, 2.45) is 5.92 Å². The first-order valence-electron chi connectivity index (χ1n) is 9.70. The molecule has 0 bridgehead atoms. The van der Waals surface area contributed by atoms with Crippen molar-refractivity contribution in [3.05, 3.63) is 78.9 Å². The zero-order chi connectivity index (χ0) is 18.3. The van der Waals surface area contributed by atoms with Gasteiger partial charge in [0.2, 0.25) is 0 Å². The molecule has 2 atom stereocenters. The maximum atomic E-state index is 4.08. The lowest BCUT2D eigenvalue weighted by atomic mass is 9.93. The number of hydrogen-bond donors (Lipinski definition) is 3. The summed E-state index contributed by atoms with van der Waals surface area (Å²) in [4.78, 5) is 4.08. The molecule has 0 radical (unpaired) electrons.